The Labute approximate surface area is 162 Å². The van der Waals surface area contributed by atoms with E-state index in [1.165, 1.54) is 0 Å². The van der Waals surface area contributed by atoms with Gasteiger partial charge in [0.1, 0.15) is 0 Å². The third-order valence-corrected chi connectivity index (χ3v) is 5.32. The Kier molecular flexibility index (Phi) is 4.55. The number of benzene rings is 2. The van der Waals surface area contributed by atoms with Gasteiger partial charge in [0.15, 0.2) is 0 Å². The number of aromatic amines is 2. The fourth-order valence-corrected chi connectivity index (χ4v) is 3.84. The van der Waals surface area contributed by atoms with Crippen LogP contribution in [-0.2, 0) is 11.2 Å². The average molecular weight is 400 g/mol. The van der Waals surface area contributed by atoms with Crippen LogP contribution in [0.4, 0.5) is 0 Å². The van der Waals surface area contributed by atoms with Gasteiger partial charge in [0.25, 0.3) is 0 Å². The Hall–Kier alpha value is -2.90. The number of carbonyl (C=O) groups is 1. The van der Waals surface area contributed by atoms with E-state index in [-0.39, 0.29) is 11.3 Å². The molecule has 0 bridgehead atoms. The van der Waals surface area contributed by atoms with E-state index in [1.807, 2.05) is 30.3 Å². The minimum atomic E-state index is -0.853. The number of thiazole rings is 1. The van der Waals surface area contributed by atoms with Crippen molar-refractivity contribution in [1.29, 1.82) is 0 Å². The van der Waals surface area contributed by atoms with E-state index in [1.54, 1.807) is 11.4 Å². The normalized spacial score (nSPS) is 11.1. The predicted molar refractivity (Wildman–Crippen MR) is 106 cm³/mol. The van der Waals surface area contributed by atoms with Crippen molar-refractivity contribution in [2.45, 2.75) is 12.8 Å². The second-order valence-corrected chi connectivity index (χ2v) is 7.33. The van der Waals surface area contributed by atoms with Crippen molar-refractivity contribution in [2.75, 3.05) is 0 Å². The van der Waals surface area contributed by atoms with E-state index in [0.29, 0.717) is 17.0 Å². The molecule has 3 N–H and O–H groups in total. The first-order chi connectivity index (χ1) is 13.0. The van der Waals surface area contributed by atoms with Crippen LogP contribution in [0.2, 0.25) is 5.02 Å². The lowest BCUT2D eigenvalue weighted by atomic mass is 10.0. The molecule has 2 heterocycles. The van der Waals surface area contributed by atoms with Crippen LogP contribution in [0.15, 0.2) is 46.6 Å². The van der Waals surface area contributed by atoms with Crippen molar-refractivity contribution in [3.63, 3.8) is 0 Å². The first kappa shape index (κ1) is 17.5. The van der Waals surface area contributed by atoms with E-state index >= 15 is 0 Å². The first-order valence-electron chi connectivity index (χ1n) is 8.18. The summed E-state index contributed by atoms with van der Waals surface area (Å²) in [5, 5.41) is 19.2. The molecule has 4 rings (SSSR count). The number of carboxylic acids is 1. The maximum absolute atomic E-state index is 11.3. The number of hydrogen-bond acceptors (Lipinski definition) is 4. The fourth-order valence-electron chi connectivity index (χ4n) is 2.98. The lowest BCUT2D eigenvalue weighted by Gasteiger charge is -2.07. The third kappa shape index (κ3) is 3.51. The van der Waals surface area contributed by atoms with E-state index in [2.05, 4.69) is 15.2 Å². The number of aliphatic carboxylic acids is 1. The molecule has 4 aromatic rings. The number of aryl methyl sites for hydroxylation is 1. The fraction of sp³-hybridized carbons (Fsp3) is 0.105. The van der Waals surface area contributed by atoms with Gasteiger partial charge in [-0.3, -0.25) is 14.7 Å². The van der Waals surface area contributed by atoms with Gasteiger partial charge in [-0.2, -0.15) is 5.10 Å². The molecule has 0 unspecified atom stereocenters. The Balaban J connectivity index is 1.72. The quantitative estimate of drug-likeness (QED) is 0.465. The van der Waals surface area contributed by atoms with Crippen LogP contribution in [0.1, 0.15) is 12.1 Å². The molecular formula is C19H14ClN3O3S. The summed E-state index contributed by atoms with van der Waals surface area (Å²) in [5.41, 5.74) is 4.94. The Morgan fingerprint density at radius 1 is 1.19 bits per heavy atom. The second-order valence-electron chi connectivity index (χ2n) is 6.08. The number of aromatic nitrogens is 3. The Bertz CT molecular complexity index is 1190. The molecule has 0 saturated carbocycles. The highest BCUT2D eigenvalue weighted by molar-refractivity contribution is 7.07. The molecule has 6 nitrogen and oxygen atoms in total. The van der Waals surface area contributed by atoms with Crippen LogP contribution in [0, 0.1) is 0 Å². The summed E-state index contributed by atoms with van der Waals surface area (Å²) >= 11 is 7.57. The summed E-state index contributed by atoms with van der Waals surface area (Å²) in [6.07, 6.45) is 0.403. The number of nitrogens with zero attached hydrogens (tertiary/aromatic N) is 1. The molecule has 0 aliphatic carbocycles. The molecule has 2 aromatic carbocycles. The molecule has 27 heavy (non-hydrogen) atoms. The summed E-state index contributed by atoms with van der Waals surface area (Å²) in [4.78, 5) is 24.9. The van der Waals surface area contributed by atoms with Crippen LogP contribution in [0.3, 0.4) is 0 Å². The number of hydrogen-bond donors (Lipinski definition) is 3. The first-order valence-corrected chi connectivity index (χ1v) is 9.44. The smallest absolute Gasteiger partial charge is 0.304 e. The van der Waals surface area contributed by atoms with Gasteiger partial charge < -0.3 is 10.1 Å². The summed E-state index contributed by atoms with van der Waals surface area (Å²) in [6, 6.07) is 11.4. The minimum Gasteiger partial charge on any atom is -0.481 e. The van der Waals surface area contributed by atoms with Crippen LogP contribution >= 0.6 is 22.9 Å². The summed E-state index contributed by atoms with van der Waals surface area (Å²) in [5.74, 6) is -0.853. The minimum absolute atomic E-state index is 0.0305. The zero-order chi connectivity index (χ0) is 19.0. The number of rotatable bonds is 5. The largest absolute Gasteiger partial charge is 0.481 e. The van der Waals surface area contributed by atoms with Crippen molar-refractivity contribution in [1.82, 2.24) is 15.2 Å². The molecule has 136 valence electrons. The third-order valence-electron chi connectivity index (χ3n) is 4.34. The lowest BCUT2D eigenvalue weighted by molar-refractivity contribution is -0.136. The monoisotopic (exact) mass is 399 g/mol. The van der Waals surface area contributed by atoms with Crippen molar-refractivity contribution < 1.29 is 9.90 Å². The molecule has 0 fully saturated rings. The number of H-pyrrole nitrogens is 2. The second kappa shape index (κ2) is 7.02. The number of fused-ring (bicyclic) bond motifs is 1. The molecule has 0 aliphatic rings. The van der Waals surface area contributed by atoms with Gasteiger partial charge in [-0.15, -0.1) is 0 Å². The van der Waals surface area contributed by atoms with Crippen LogP contribution < -0.4 is 4.87 Å². The molecule has 0 aliphatic heterocycles. The van der Waals surface area contributed by atoms with E-state index < -0.39 is 5.97 Å². The molecule has 0 saturated heterocycles. The zero-order valence-corrected chi connectivity index (χ0v) is 15.5. The highest BCUT2D eigenvalue weighted by atomic mass is 35.5. The van der Waals surface area contributed by atoms with Crippen LogP contribution in [0.25, 0.3) is 33.3 Å². The zero-order valence-electron chi connectivity index (χ0n) is 14.0. The van der Waals surface area contributed by atoms with Gasteiger partial charge in [0.2, 0.25) is 0 Å². The van der Waals surface area contributed by atoms with E-state index in [9.17, 15) is 9.59 Å². The van der Waals surface area contributed by atoms with Gasteiger partial charge in [0.05, 0.1) is 22.7 Å². The number of halogens is 1. The van der Waals surface area contributed by atoms with Crippen LogP contribution in [0.5, 0.6) is 0 Å². The molecule has 0 radical (unpaired) electrons. The van der Waals surface area contributed by atoms with Crippen LogP contribution in [-0.4, -0.2) is 26.3 Å². The maximum Gasteiger partial charge on any atom is 0.304 e. The van der Waals surface area contributed by atoms with Gasteiger partial charge in [0, 0.05) is 28.4 Å². The SMILES string of the molecule is O=C(O)CCc1[nH]nc2cc(Cl)c(-c3ccc(-c4csc(=O)[nH]4)cc3)cc12. The van der Waals surface area contributed by atoms with E-state index in [4.69, 9.17) is 16.7 Å². The van der Waals surface area contributed by atoms with Crippen molar-refractivity contribution in [2.24, 2.45) is 0 Å². The molecule has 0 spiro atoms. The highest BCUT2D eigenvalue weighted by Crippen LogP contribution is 2.34. The number of carboxylic acid groups (broad SMARTS) is 1. The average Bonchev–Trinajstić information content (AvgIpc) is 3.25. The molecule has 8 heteroatoms. The predicted octanol–water partition coefficient (Wildman–Crippen LogP) is 4.32. The molecule has 2 aromatic heterocycles. The number of nitrogens with one attached hydrogen (secondary N) is 2. The van der Waals surface area contributed by atoms with Gasteiger partial charge in [-0.25, -0.2) is 0 Å². The van der Waals surface area contributed by atoms with E-state index in [0.717, 1.165) is 44.8 Å². The van der Waals surface area contributed by atoms with Gasteiger partial charge >= 0.3 is 10.8 Å². The lowest BCUT2D eigenvalue weighted by Crippen LogP contribution is -1.98. The topological polar surface area (TPSA) is 98.8 Å². The molecule has 0 amide bonds. The Morgan fingerprint density at radius 2 is 1.93 bits per heavy atom. The Morgan fingerprint density at radius 3 is 2.59 bits per heavy atom. The molecular weight excluding hydrogens is 386 g/mol. The van der Waals surface area contributed by atoms with Gasteiger partial charge in [-0.05, 0) is 23.3 Å². The molecule has 0 atom stereocenters. The van der Waals surface area contributed by atoms with Crippen molar-refractivity contribution in [3.05, 3.63) is 62.2 Å². The van der Waals surface area contributed by atoms with Gasteiger partial charge in [-0.1, -0.05) is 47.2 Å². The standard InChI is InChI=1S/C19H14ClN3O3S/c20-14-8-16-13(15(22-23-16)5-6-18(24)25)7-12(14)10-1-3-11(4-2-10)17-9-27-19(26)21-17/h1-4,7-9H,5-6H2,(H,21,26)(H,22,23)(H,24,25). The summed E-state index contributed by atoms with van der Waals surface area (Å²) < 4.78 is 0. The van der Waals surface area contributed by atoms with Crippen molar-refractivity contribution in [3.8, 4) is 22.4 Å². The summed E-state index contributed by atoms with van der Waals surface area (Å²) in [6.45, 7) is 0. The maximum atomic E-state index is 11.3. The highest BCUT2D eigenvalue weighted by Gasteiger charge is 2.13. The summed E-state index contributed by atoms with van der Waals surface area (Å²) in [7, 11) is 0. The van der Waals surface area contributed by atoms with Crippen molar-refractivity contribution >= 4 is 39.8 Å².